The van der Waals surface area contributed by atoms with Crippen molar-refractivity contribution in [1.82, 2.24) is 0 Å². The Bertz CT molecular complexity index is 632. The van der Waals surface area contributed by atoms with Crippen molar-refractivity contribution in [2.45, 2.75) is 0 Å². The Hall–Kier alpha value is -1.69. The van der Waals surface area contributed by atoms with Crippen LogP contribution in [0.25, 0.3) is 11.1 Å². The number of nitrogens with zero attached hydrogens (tertiary/aromatic N) is 1. The first-order valence-electron chi connectivity index (χ1n) is 5.19. The normalized spacial score (nSPS) is 9.89. The Labute approximate surface area is 115 Å². The van der Waals surface area contributed by atoms with Gasteiger partial charge in [0.25, 0.3) is 0 Å². The maximum atomic E-state index is 9.12. The minimum Gasteiger partial charge on any atom is -0.497 e. The molecule has 0 fully saturated rings. The van der Waals surface area contributed by atoms with Gasteiger partial charge in [-0.3, -0.25) is 0 Å². The average molecular weight is 278 g/mol. The second-order valence-corrected chi connectivity index (χ2v) is 4.47. The molecule has 0 aliphatic heterocycles. The van der Waals surface area contributed by atoms with Crippen molar-refractivity contribution in [2.75, 3.05) is 7.11 Å². The van der Waals surface area contributed by atoms with E-state index in [2.05, 4.69) is 6.07 Å². The van der Waals surface area contributed by atoms with Gasteiger partial charge in [-0.1, -0.05) is 29.3 Å². The number of methoxy groups -OCH3 is 1. The molecule has 2 rings (SSSR count). The summed E-state index contributed by atoms with van der Waals surface area (Å²) in [5.41, 5.74) is 2.17. The van der Waals surface area contributed by atoms with Crippen molar-refractivity contribution in [2.24, 2.45) is 0 Å². The largest absolute Gasteiger partial charge is 0.497 e. The van der Waals surface area contributed by atoms with E-state index >= 15 is 0 Å². The maximum Gasteiger partial charge on any atom is 0.119 e. The molecule has 0 N–H and O–H groups in total. The van der Waals surface area contributed by atoms with Crippen LogP contribution in [0.2, 0.25) is 10.0 Å². The fraction of sp³-hybridized carbons (Fsp3) is 0.0714. The summed E-state index contributed by atoms with van der Waals surface area (Å²) in [5.74, 6) is 0.690. The Morgan fingerprint density at radius 1 is 1.06 bits per heavy atom. The van der Waals surface area contributed by atoms with Crippen molar-refractivity contribution >= 4 is 23.2 Å². The number of benzene rings is 2. The number of ether oxygens (including phenoxy) is 1. The molecule has 4 heteroatoms. The van der Waals surface area contributed by atoms with Gasteiger partial charge in [-0.05, 0) is 35.9 Å². The van der Waals surface area contributed by atoms with E-state index in [-0.39, 0.29) is 0 Å². The van der Waals surface area contributed by atoms with E-state index in [0.717, 1.165) is 11.1 Å². The van der Waals surface area contributed by atoms with Crippen molar-refractivity contribution in [3.8, 4) is 22.9 Å². The number of halogens is 2. The number of rotatable bonds is 2. The van der Waals surface area contributed by atoms with Crippen LogP contribution < -0.4 is 4.74 Å². The molecule has 0 bridgehead atoms. The second kappa shape index (κ2) is 5.30. The van der Waals surface area contributed by atoms with E-state index < -0.39 is 0 Å². The molecular formula is C14H9Cl2NO. The molecule has 2 aromatic rings. The minimum absolute atomic E-state index is 0.459. The molecule has 0 aromatic heterocycles. The monoisotopic (exact) mass is 277 g/mol. The molecule has 2 nitrogen and oxygen atoms in total. The molecular weight excluding hydrogens is 269 g/mol. The summed E-state index contributed by atoms with van der Waals surface area (Å²) in [6.07, 6.45) is 0. The lowest BCUT2D eigenvalue weighted by Crippen LogP contribution is -1.88. The maximum absolute atomic E-state index is 9.12. The third-order valence-electron chi connectivity index (χ3n) is 2.58. The summed E-state index contributed by atoms with van der Waals surface area (Å²) < 4.78 is 5.16. The van der Waals surface area contributed by atoms with Gasteiger partial charge >= 0.3 is 0 Å². The highest BCUT2D eigenvalue weighted by Crippen LogP contribution is 2.32. The lowest BCUT2D eigenvalue weighted by atomic mass is 10.00. The molecule has 0 amide bonds. The van der Waals surface area contributed by atoms with Crippen molar-refractivity contribution in [1.29, 1.82) is 5.26 Å². The lowest BCUT2D eigenvalue weighted by molar-refractivity contribution is 0.415. The molecule has 0 unspecified atom stereocenters. The minimum atomic E-state index is 0.459. The smallest absolute Gasteiger partial charge is 0.119 e. The van der Waals surface area contributed by atoms with E-state index in [0.29, 0.717) is 21.4 Å². The molecule has 0 atom stereocenters. The molecule has 90 valence electrons. The van der Waals surface area contributed by atoms with Gasteiger partial charge in [0.15, 0.2) is 0 Å². The summed E-state index contributed by atoms with van der Waals surface area (Å²) in [6.45, 7) is 0. The standard InChI is InChI=1S/C14H9Cl2NO/c1-18-11-4-2-10(8-17)12(7-11)9-3-5-13(15)14(16)6-9/h2-7H,1H3. The number of hydrogen-bond acceptors (Lipinski definition) is 2. The van der Waals surface area contributed by atoms with Gasteiger partial charge < -0.3 is 4.74 Å². The lowest BCUT2D eigenvalue weighted by Gasteiger charge is -2.08. The second-order valence-electron chi connectivity index (χ2n) is 3.65. The Balaban J connectivity index is 2.61. The van der Waals surface area contributed by atoms with Gasteiger partial charge in [-0.2, -0.15) is 5.26 Å². The summed E-state index contributed by atoms with van der Waals surface area (Å²) >= 11 is 11.9. The highest BCUT2D eigenvalue weighted by Gasteiger charge is 2.08. The Morgan fingerprint density at radius 2 is 1.83 bits per heavy atom. The topological polar surface area (TPSA) is 33.0 Å². The van der Waals surface area contributed by atoms with Crippen LogP contribution in [-0.2, 0) is 0 Å². The van der Waals surface area contributed by atoms with E-state index in [1.54, 1.807) is 37.4 Å². The first kappa shape index (κ1) is 12.8. The molecule has 0 heterocycles. The van der Waals surface area contributed by atoms with Gasteiger partial charge in [0.1, 0.15) is 5.75 Å². The fourth-order valence-corrected chi connectivity index (χ4v) is 1.95. The van der Waals surface area contributed by atoms with Gasteiger partial charge in [0, 0.05) is 5.56 Å². The van der Waals surface area contributed by atoms with Gasteiger partial charge in [-0.15, -0.1) is 0 Å². The van der Waals surface area contributed by atoms with Crippen LogP contribution in [0.15, 0.2) is 36.4 Å². The molecule has 0 saturated carbocycles. The highest BCUT2D eigenvalue weighted by atomic mass is 35.5. The number of nitriles is 1. The first-order valence-corrected chi connectivity index (χ1v) is 5.95. The Morgan fingerprint density at radius 3 is 2.44 bits per heavy atom. The predicted octanol–water partition coefficient (Wildman–Crippen LogP) is 4.54. The van der Waals surface area contributed by atoms with Gasteiger partial charge in [0.2, 0.25) is 0 Å². The molecule has 2 aromatic carbocycles. The van der Waals surface area contributed by atoms with Crippen molar-refractivity contribution in [3.63, 3.8) is 0 Å². The summed E-state index contributed by atoms with van der Waals surface area (Å²) in [4.78, 5) is 0. The molecule has 0 saturated heterocycles. The van der Waals surface area contributed by atoms with E-state index in [4.69, 9.17) is 33.2 Å². The average Bonchev–Trinajstić information content (AvgIpc) is 2.41. The first-order chi connectivity index (χ1) is 8.65. The summed E-state index contributed by atoms with van der Waals surface area (Å²) in [5, 5.41) is 10.1. The van der Waals surface area contributed by atoms with Crippen LogP contribution in [0.4, 0.5) is 0 Å². The van der Waals surface area contributed by atoms with Crippen LogP contribution in [0.1, 0.15) is 5.56 Å². The van der Waals surface area contributed by atoms with Crippen molar-refractivity contribution in [3.05, 3.63) is 52.0 Å². The SMILES string of the molecule is COc1ccc(C#N)c(-c2ccc(Cl)c(Cl)c2)c1. The van der Waals surface area contributed by atoms with Crippen LogP contribution in [-0.4, -0.2) is 7.11 Å². The fourth-order valence-electron chi connectivity index (χ4n) is 1.65. The zero-order valence-electron chi connectivity index (χ0n) is 9.58. The van der Waals surface area contributed by atoms with Gasteiger partial charge in [0.05, 0.1) is 28.8 Å². The number of hydrogen-bond donors (Lipinski definition) is 0. The quantitative estimate of drug-likeness (QED) is 0.807. The predicted molar refractivity (Wildman–Crippen MR) is 73.2 cm³/mol. The molecule has 18 heavy (non-hydrogen) atoms. The summed E-state index contributed by atoms with van der Waals surface area (Å²) in [7, 11) is 1.58. The molecule has 0 radical (unpaired) electrons. The van der Waals surface area contributed by atoms with Crippen LogP contribution >= 0.6 is 23.2 Å². The molecule has 0 aliphatic rings. The molecule has 0 aliphatic carbocycles. The Kier molecular flexibility index (Phi) is 3.76. The zero-order chi connectivity index (χ0) is 13.1. The van der Waals surface area contributed by atoms with E-state index in [1.807, 2.05) is 6.07 Å². The van der Waals surface area contributed by atoms with E-state index in [9.17, 15) is 0 Å². The molecule has 0 spiro atoms. The van der Waals surface area contributed by atoms with Crippen LogP contribution in [0.5, 0.6) is 5.75 Å². The third kappa shape index (κ3) is 2.43. The van der Waals surface area contributed by atoms with Crippen LogP contribution in [0.3, 0.4) is 0 Å². The zero-order valence-corrected chi connectivity index (χ0v) is 11.1. The highest BCUT2D eigenvalue weighted by molar-refractivity contribution is 6.42. The summed E-state index contributed by atoms with van der Waals surface area (Å²) in [6, 6.07) is 12.7. The van der Waals surface area contributed by atoms with Gasteiger partial charge in [-0.25, -0.2) is 0 Å². The third-order valence-corrected chi connectivity index (χ3v) is 3.32. The van der Waals surface area contributed by atoms with Crippen molar-refractivity contribution < 1.29 is 4.74 Å². The van der Waals surface area contributed by atoms with E-state index in [1.165, 1.54) is 0 Å². The van der Waals surface area contributed by atoms with Crippen LogP contribution in [0, 0.1) is 11.3 Å².